The average molecular weight is 345 g/mol. The van der Waals surface area contributed by atoms with Crippen LogP contribution in [0.15, 0.2) is 24.3 Å². The molecule has 7 nitrogen and oxygen atoms in total. The highest BCUT2D eigenvalue weighted by molar-refractivity contribution is 6.05. The molecular weight excluding hydrogens is 318 g/mol. The van der Waals surface area contributed by atoms with Gasteiger partial charge in [-0.3, -0.25) is 15.1 Å². The van der Waals surface area contributed by atoms with Crippen molar-refractivity contribution in [3.63, 3.8) is 0 Å². The summed E-state index contributed by atoms with van der Waals surface area (Å²) in [5, 5.41) is 8.26. The Balaban J connectivity index is 2.00. The first-order valence-electron chi connectivity index (χ1n) is 8.56. The molecule has 1 amide bonds. The molecule has 0 unspecified atom stereocenters. The standard InChI is InChI=1S/C18H27N5O2/c1-4-23(5-2)9-6-10-25-14-8-7-13-11-16(21-15(13)12-14)17(24)22(3)18(19)20/h7-8,11-12,21H,4-6,9-10H2,1-3H3,(H3,19,20). The number of aromatic nitrogens is 1. The third-order valence-corrected chi connectivity index (χ3v) is 4.27. The second-order valence-electron chi connectivity index (χ2n) is 5.91. The molecule has 1 heterocycles. The van der Waals surface area contributed by atoms with Crippen molar-refractivity contribution < 1.29 is 9.53 Å². The number of fused-ring (bicyclic) bond motifs is 1. The van der Waals surface area contributed by atoms with E-state index in [1.165, 1.54) is 7.05 Å². The predicted octanol–water partition coefficient (Wildman–Crippen LogP) is 2.24. The quantitative estimate of drug-likeness (QED) is 0.388. The molecule has 25 heavy (non-hydrogen) atoms. The fourth-order valence-electron chi connectivity index (χ4n) is 2.62. The Morgan fingerprint density at radius 2 is 2.00 bits per heavy atom. The highest BCUT2D eigenvalue weighted by Gasteiger charge is 2.16. The van der Waals surface area contributed by atoms with Crippen LogP contribution in [-0.2, 0) is 0 Å². The molecule has 0 radical (unpaired) electrons. The zero-order valence-electron chi connectivity index (χ0n) is 15.1. The summed E-state index contributed by atoms with van der Waals surface area (Å²) in [4.78, 5) is 18.7. The van der Waals surface area contributed by atoms with Gasteiger partial charge in [0.1, 0.15) is 11.4 Å². The molecule has 0 saturated carbocycles. The number of hydrogen-bond acceptors (Lipinski definition) is 4. The van der Waals surface area contributed by atoms with Gasteiger partial charge in [0.05, 0.1) is 6.61 Å². The molecular formula is C18H27N5O2. The van der Waals surface area contributed by atoms with E-state index in [1.807, 2.05) is 18.2 Å². The first kappa shape index (κ1) is 18.8. The average Bonchev–Trinajstić information content (AvgIpc) is 3.03. The topological polar surface area (TPSA) is 98.4 Å². The summed E-state index contributed by atoms with van der Waals surface area (Å²) >= 11 is 0. The van der Waals surface area contributed by atoms with Crippen LogP contribution in [-0.4, -0.2) is 59.9 Å². The number of guanidine groups is 1. The van der Waals surface area contributed by atoms with Crippen LogP contribution in [0.1, 0.15) is 30.8 Å². The highest BCUT2D eigenvalue weighted by atomic mass is 16.5. The predicted molar refractivity (Wildman–Crippen MR) is 100 cm³/mol. The number of amides is 1. The number of H-pyrrole nitrogens is 1. The first-order chi connectivity index (χ1) is 12.0. The second-order valence-corrected chi connectivity index (χ2v) is 5.91. The number of nitrogens with one attached hydrogen (secondary N) is 2. The van der Waals surface area contributed by atoms with Gasteiger partial charge in [-0.25, -0.2) is 0 Å². The van der Waals surface area contributed by atoms with Gasteiger partial charge in [-0.1, -0.05) is 13.8 Å². The zero-order chi connectivity index (χ0) is 18.4. The Morgan fingerprint density at radius 3 is 2.64 bits per heavy atom. The number of nitrogens with zero attached hydrogens (tertiary/aromatic N) is 2. The van der Waals surface area contributed by atoms with Gasteiger partial charge in [0.15, 0.2) is 5.96 Å². The van der Waals surface area contributed by atoms with E-state index in [2.05, 4.69) is 23.7 Å². The van der Waals surface area contributed by atoms with Crippen molar-refractivity contribution in [2.45, 2.75) is 20.3 Å². The van der Waals surface area contributed by atoms with Gasteiger partial charge >= 0.3 is 0 Å². The van der Waals surface area contributed by atoms with Crippen molar-refractivity contribution in [1.82, 2.24) is 14.8 Å². The number of aromatic amines is 1. The Kier molecular flexibility index (Phi) is 6.41. The smallest absolute Gasteiger partial charge is 0.276 e. The molecule has 0 bridgehead atoms. The molecule has 136 valence electrons. The molecule has 0 aliphatic carbocycles. The number of carbonyl (C=O) groups is 1. The lowest BCUT2D eigenvalue weighted by Gasteiger charge is -2.17. The van der Waals surface area contributed by atoms with Crippen LogP contribution < -0.4 is 10.5 Å². The zero-order valence-corrected chi connectivity index (χ0v) is 15.1. The molecule has 2 rings (SSSR count). The summed E-state index contributed by atoms with van der Waals surface area (Å²) in [5.74, 6) is 0.138. The highest BCUT2D eigenvalue weighted by Crippen LogP contribution is 2.22. The van der Waals surface area contributed by atoms with Crippen LogP contribution in [0.5, 0.6) is 5.75 Å². The summed E-state index contributed by atoms with van der Waals surface area (Å²) < 4.78 is 5.81. The van der Waals surface area contributed by atoms with Crippen molar-refractivity contribution >= 4 is 22.8 Å². The fourth-order valence-corrected chi connectivity index (χ4v) is 2.62. The van der Waals surface area contributed by atoms with Gasteiger partial charge in [-0.2, -0.15) is 0 Å². The largest absolute Gasteiger partial charge is 0.493 e. The van der Waals surface area contributed by atoms with E-state index < -0.39 is 0 Å². The van der Waals surface area contributed by atoms with E-state index in [1.54, 1.807) is 6.07 Å². The van der Waals surface area contributed by atoms with E-state index in [0.717, 1.165) is 47.6 Å². The molecule has 2 aromatic rings. The lowest BCUT2D eigenvalue weighted by molar-refractivity contribution is 0.0864. The van der Waals surface area contributed by atoms with Gasteiger partial charge in [-0.05, 0) is 37.7 Å². The molecule has 0 spiro atoms. The summed E-state index contributed by atoms with van der Waals surface area (Å²) in [7, 11) is 1.47. The van der Waals surface area contributed by atoms with Gasteiger partial charge in [0.2, 0.25) is 0 Å². The van der Waals surface area contributed by atoms with Crippen molar-refractivity contribution in [1.29, 1.82) is 5.41 Å². The summed E-state index contributed by atoms with van der Waals surface area (Å²) in [6, 6.07) is 7.45. The molecule has 1 aromatic heterocycles. The Bertz CT molecular complexity index is 736. The van der Waals surface area contributed by atoms with Crippen LogP contribution in [0.3, 0.4) is 0 Å². The van der Waals surface area contributed by atoms with E-state index >= 15 is 0 Å². The minimum Gasteiger partial charge on any atom is -0.493 e. The van der Waals surface area contributed by atoms with Crippen LogP contribution in [0.25, 0.3) is 10.9 Å². The van der Waals surface area contributed by atoms with Crippen molar-refractivity contribution in [2.75, 3.05) is 33.3 Å². The van der Waals surface area contributed by atoms with Crippen molar-refractivity contribution in [3.05, 3.63) is 30.0 Å². The molecule has 0 atom stereocenters. The molecule has 0 aliphatic rings. The van der Waals surface area contributed by atoms with Crippen LogP contribution in [0, 0.1) is 5.41 Å². The number of benzene rings is 1. The van der Waals surface area contributed by atoms with Crippen LogP contribution >= 0.6 is 0 Å². The van der Waals surface area contributed by atoms with Gasteiger partial charge in [0, 0.05) is 30.6 Å². The number of rotatable bonds is 8. The third-order valence-electron chi connectivity index (χ3n) is 4.27. The number of ether oxygens (including phenoxy) is 1. The molecule has 7 heteroatoms. The van der Waals surface area contributed by atoms with Gasteiger partial charge in [-0.15, -0.1) is 0 Å². The first-order valence-corrected chi connectivity index (χ1v) is 8.56. The maximum absolute atomic E-state index is 12.2. The lowest BCUT2D eigenvalue weighted by Crippen LogP contribution is -2.38. The lowest BCUT2D eigenvalue weighted by atomic mass is 10.2. The maximum Gasteiger partial charge on any atom is 0.276 e. The van der Waals surface area contributed by atoms with E-state index in [-0.39, 0.29) is 11.9 Å². The number of hydrogen-bond donors (Lipinski definition) is 3. The molecule has 1 aromatic carbocycles. The van der Waals surface area contributed by atoms with E-state index in [9.17, 15) is 4.79 Å². The normalized spacial score (nSPS) is 11.0. The van der Waals surface area contributed by atoms with E-state index in [4.69, 9.17) is 15.9 Å². The van der Waals surface area contributed by atoms with Crippen LogP contribution in [0.2, 0.25) is 0 Å². The van der Waals surface area contributed by atoms with Gasteiger partial charge in [0.25, 0.3) is 5.91 Å². The molecule has 0 aliphatic heterocycles. The summed E-state index contributed by atoms with van der Waals surface area (Å²) in [6.45, 7) is 8.10. The second kappa shape index (κ2) is 8.53. The number of nitrogens with two attached hydrogens (primary N) is 1. The van der Waals surface area contributed by atoms with Crippen LogP contribution in [0.4, 0.5) is 0 Å². The maximum atomic E-state index is 12.2. The molecule has 0 saturated heterocycles. The van der Waals surface area contributed by atoms with E-state index in [0.29, 0.717) is 12.3 Å². The Labute approximate surface area is 148 Å². The number of carbonyl (C=O) groups excluding carboxylic acids is 1. The van der Waals surface area contributed by atoms with Gasteiger partial charge < -0.3 is 20.4 Å². The van der Waals surface area contributed by atoms with Crippen molar-refractivity contribution in [3.8, 4) is 5.75 Å². The SMILES string of the molecule is CCN(CC)CCCOc1ccc2cc(C(=O)N(C)C(=N)N)[nH]c2c1. The summed E-state index contributed by atoms with van der Waals surface area (Å²) in [6.07, 6.45) is 0.970. The van der Waals surface area contributed by atoms with Crippen molar-refractivity contribution in [2.24, 2.45) is 5.73 Å². The summed E-state index contributed by atoms with van der Waals surface area (Å²) in [5.41, 5.74) is 6.57. The Hall–Kier alpha value is -2.54. The fraction of sp³-hybridized carbons (Fsp3) is 0.444. The minimum absolute atomic E-state index is 0.291. The minimum atomic E-state index is -0.342. The Morgan fingerprint density at radius 1 is 1.28 bits per heavy atom. The molecule has 4 N–H and O–H groups in total. The third kappa shape index (κ3) is 4.73. The molecule has 0 fully saturated rings. The monoisotopic (exact) mass is 345 g/mol.